The first-order chi connectivity index (χ1) is 9.67. The molecule has 1 unspecified atom stereocenters. The van der Waals surface area contributed by atoms with Crippen LogP contribution in [-0.4, -0.2) is 24.2 Å². The predicted molar refractivity (Wildman–Crippen MR) is 92.4 cm³/mol. The second kappa shape index (κ2) is 10.1. The van der Waals surface area contributed by atoms with E-state index in [0.29, 0.717) is 12.6 Å². The summed E-state index contributed by atoms with van der Waals surface area (Å²) in [5.74, 6) is 5.74. The van der Waals surface area contributed by atoms with E-state index in [0.717, 1.165) is 22.3 Å². The summed E-state index contributed by atoms with van der Waals surface area (Å²) in [6.07, 6.45) is 6.42. The van der Waals surface area contributed by atoms with Crippen LogP contribution in [0.4, 0.5) is 0 Å². The minimum atomic E-state index is 0.303. The Morgan fingerprint density at radius 3 is 3.00 bits per heavy atom. The van der Waals surface area contributed by atoms with E-state index >= 15 is 0 Å². The van der Waals surface area contributed by atoms with Crippen molar-refractivity contribution in [3.05, 3.63) is 28.2 Å². The summed E-state index contributed by atoms with van der Waals surface area (Å²) >= 11 is 5.48. The molecule has 4 heteroatoms. The van der Waals surface area contributed by atoms with Gasteiger partial charge in [0.15, 0.2) is 0 Å². The van der Waals surface area contributed by atoms with Gasteiger partial charge in [0.25, 0.3) is 0 Å². The lowest BCUT2D eigenvalue weighted by atomic mass is 10.2. The Morgan fingerprint density at radius 1 is 1.50 bits per heavy atom. The zero-order valence-electron chi connectivity index (χ0n) is 12.1. The molecule has 2 nitrogen and oxygen atoms in total. The van der Waals surface area contributed by atoms with Gasteiger partial charge in [-0.3, -0.25) is 0 Å². The van der Waals surface area contributed by atoms with Crippen molar-refractivity contribution in [2.75, 3.05) is 18.1 Å². The van der Waals surface area contributed by atoms with Crippen molar-refractivity contribution in [1.29, 1.82) is 0 Å². The molecule has 0 heterocycles. The normalized spacial score (nSPS) is 11.9. The van der Waals surface area contributed by atoms with Crippen molar-refractivity contribution in [3.63, 3.8) is 0 Å². The molecule has 1 N–H and O–H groups in total. The van der Waals surface area contributed by atoms with Crippen molar-refractivity contribution >= 4 is 27.7 Å². The van der Waals surface area contributed by atoms with Crippen LogP contribution >= 0.6 is 27.7 Å². The molecule has 0 bridgehead atoms. The number of benzene rings is 1. The molecule has 0 saturated carbocycles. The molecule has 0 aliphatic rings. The summed E-state index contributed by atoms with van der Waals surface area (Å²) in [4.78, 5) is 0. The van der Waals surface area contributed by atoms with Gasteiger partial charge >= 0.3 is 0 Å². The van der Waals surface area contributed by atoms with E-state index in [1.54, 1.807) is 0 Å². The first-order valence-corrected chi connectivity index (χ1v) is 8.78. The molecular weight excluding hydrogens is 334 g/mol. The van der Waals surface area contributed by atoms with Gasteiger partial charge in [-0.25, -0.2) is 0 Å². The second-order valence-electron chi connectivity index (χ2n) is 4.51. The van der Waals surface area contributed by atoms with Crippen molar-refractivity contribution in [2.24, 2.45) is 0 Å². The molecule has 0 aliphatic carbocycles. The van der Waals surface area contributed by atoms with Crippen LogP contribution in [0.25, 0.3) is 0 Å². The molecule has 1 atom stereocenters. The van der Waals surface area contributed by atoms with E-state index in [9.17, 15) is 0 Å². The fraction of sp³-hybridized carbons (Fsp3) is 0.500. The number of terminal acetylenes is 1. The van der Waals surface area contributed by atoms with Gasteiger partial charge < -0.3 is 10.1 Å². The summed E-state index contributed by atoms with van der Waals surface area (Å²) in [6, 6.07) is 6.49. The molecule has 1 rings (SSSR count). The number of rotatable bonds is 9. The van der Waals surface area contributed by atoms with Gasteiger partial charge in [-0.05, 0) is 43.0 Å². The molecular formula is C16H22BrNOS. The van der Waals surface area contributed by atoms with E-state index in [-0.39, 0.29) is 0 Å². The van der Waals surface area contributed by atoms with Gasteiger partial charge in [-0.2, -0.15) is 11.8 Å². The molecule has 0 radical (unpaired) electrons. The maximum absolute atomic E-state index is 5.57. The number of hydrogen-bond donors (Lipinski definition) is 1. The number of nitrogens with one attached hydrogen (secondary N) is 1. The lowest BCUT2D eigenvalue weighted by Crippen LogP contribution is -2.26. The molecule has 0 amide bonds. The third-order valence-corrected chi connectivity index (χ3v) is 4.30. The summed E-state index contributed by atoms with van der Waals surface area (Å²) < 4.78 is 6.62. The van der Waals surface area contributed by atoms with Crippen LogP contribution in [0, 0.1) is 12.3 Å². The topological polar surface area (TPSA) is 21.3 Å². The highest BCUT2D eigenvalue weighted by atomic mass is 79.9. The third-order valence-electron chi connectivity index (χ3n) is 2.87. The summed E-state index contributed by atoms with van der Waals surface area (Å²) in [6.45, 7) is 5.50. The lowest BCUT2D eigenvalue weighted by Gasteiger charge is -2.16. The van der Waals surface area contributed by atoms with Crippen molar-refractivity contribution in [1.82, 2.24) is 5.32 Å². The Morgan fingerprint density at radius 2 is 2.30 bits per heavy atom. The highest BCUT2D eigenvalue weighted by Gasteiger charge is 2.07. The van der Waals surface area contributed by atoms with Crippen molar-refractivity contribution in [2.45, 2.75) is 32.9 Å². The van der Waals surface area contributed by atoms with Crippen LogP contribution in [0.1, 0.15) is 25.8 Å². The fourth-order valence-corrected chi connectivity index (χ4v) is 2.95. The monoisotopic (exact) mass is 355 g/mol. The quantitative estimate of drug-likeness (QED) is 0.532. The standard InChI is InChI=1S/C16H22BrNOS/c1-4-9-19-16-7-6-15(17)11-14(16)12-18-13(3)8-10-20-5-2/h1,6-7,11,13,18H,5,8-10,12H2,2-3H3. The highest BCUT2D eigenvalue weighted by molar-refractivity contribution is 9.10. The first-order valence-electron chi connectivity index (χ1n) is 6.83. The third kappa shape index (κ3) is 6.69. The smallest absolute Gasteiger partial charge is 0.148 e. The van der Waals surface area contributed by atoms with Gasteiger partial charge in [-0.1, -0.05) is 28.8 Å². The van der Waals surface area contributed by atoms with Crippen LogP contribution in [0.5, 0.6) is 5.75 Å². The van der Waals surface area contributed by atoms with Gasteiger partial charge in [-0.15, -0.1) is 6.42 Å². The van der Waals surface area contributed by atoms with Crippen LogP contribution in [0.15, 0.2) is 22.7 Å². The van der Waals surface area contributed by atoms with Gasteiger partial charge in [0.1, 0.15) is 12.4 Å². The second-order valence-corrected chi connectivity index (χ2v) is 6.82. The Balaban J connectivity index is 2.52. The maximum atomic E-state index is 5.57. The summed E-state index contributed by atoms with van der Waals surface area (Å²) in [5, 5.41) is 3.54. The fourth-order valence-electron chi connectivity index (χ4n) is 1.74. The molecule has 1 aromatic carbocycles. The van der Waals surface area contributed by atoms with Gasteiger partial charge in [0.05, 0.1) is 0 Å². The molecule has 0 saturated heterocycles. The Labute approximate surface area is 135 Å². The molecule has 110 valence electrons. The van der Waals surface area contributed by atoms with E-state index < -0.39 is 0 Å². The van der Waals surface area contributed by atoms with Gasteiger partial charge in [0.2, 0.25) is 0 Å². The Kier molecular flexibility index (Phi) is 8.84. The molecule has 20 heavy (non-hydrogen) atoms. The van der Waals surface area contributed by atoms with Crippen LogP contribution in [0.2, 0.25) is 0 Å². The van der Waals surface area contributed by atoms with E-state index in [2.05, 4.69) is 47.1 Å². The highest BCUT2D eigenvalue weighted by Crippen LogP contribution is 2.23. The summed E-state index contributed by atoms with van der Waals surface area (Å²) in [5.41, 5.74) is 1.13. The Bertz CT molecular complexity index is 445. The van der Waals surface area contributed by atoms with Gasteiger partial charge in [0, 0.05) is 22.6 Å². The van der Waals surface area contributed by atoms with Crippen LogP contribution in [-0.2, 0) is 6.54 Å². The SMILES string of the molecule is C#CCOc1ccc(Br)cc1CNC(C)CCSCC. The van der Waals surface area contributed by atoms with E-state index in [4.69, 9.17) is 11.2 Å². The number of ether oxygens (including phenoxy) is 1. The summed E-state index contributed by atoms with van der Waals surface area (Å²) in [7, 11) is 0. The molecule has 0 spiro atoms. The molecule has 0 aliphatic heterocycles. The van der Waals surface area contributed by atoms with Crippen LogP contribution in [0.3, 0.4) is 0 Å². The number of hydrogen-bond acceptors (Lipinski definition) is 3. The zero-order valence-corrected chi connectivity index (χ0v) is 14.5. The zero-order chi connectivity index (χ0) is 14.8. The number of thioether (sulfide) groups is 1. The molecule has 1 aromatic rings. The lowest BCUT2D eigenvalue weighted by molar-refractivity contribution is 0.363. The Hall–Kier alpha value is -0.630. The minimum absolute atomic E-state index is 0.303. The average Bonchev–Trinajstić information content (AvgIpc) is 2.44. The van der Waals surface area contributed by atoms with Crippen molar-refractivity contribution < 1.29 is 4.74 Å². The van der Waals surface area contributed by atoms with E-state index in [1.165, 1.54) is 17.9 Å². The number of halogens is 1. The largest absolute Gasteiger partial charge is 0.481 e. The first kappa shape index (κ1) is 17.4. The van der Waals surface area contributed by atoms with Crippen molar-refractivity contribution in [3.8, 4) is 18.1 Å². The predicted octanol–water partition coefficient (Wildman–Crippen LogP) is 4.08. The van der Waals surface area contributed by atoms with Crippen LogP contribution < -0.4 is 10.1 Å². The molecule has 0 fully saturated rings. The molecule has 0 aromatic heterocycles. The maximum Gasteiger partial charge on any atom is 0.148 e. The minimum Gasteiger partial charge on any atom is -0.481 e. The average molecular weight is 356 g/mol. The van der Waals surface area contributed by atoms with E-state index in [1.807, 2.05) is 23.9 Å².